The molecule has 1 saturated carbocycles. The maximum Gasteiger partial charge on any atom is 0.175 e. The molecule has 1 aliphatic rings. The van der Waals surface area contributed by atoms with Crippen LogP contribution in [0.3, 0.4) is 0 Å². The standard InChI is InChI=1S/C14H17FOS/c15-13-9-5-4-8-12(13)14(16)10-17-11-6-2-1-3-7-11/h4-5,8-9,11H,1-3,6-7,10H2. The average molecular weight is 252 g/mol. The van der Waals surface area contributed by atoms with E-state index in [0.29, 0.717) is 11.0 Å². The number of rotatable bonds is 4. The number of halogens is 1. The van der Waals surface area contributed by atoms with Gasteiger partial charge in [0.1, 0.15) is 5.82 Å². The van der Waals surface area contributed by atoms with Gasteiger partial charge in [0, 0.05) is 5.25 Å². The van der Waals surface area contributed by atoms with E-state index in [1.807, 2.05) is 0 Å². The molecule has 17 heavy (non-hydrogen) atoms. The Labute approximate surface area is 106 Å². The predicted molar refractivity (Wildman–Crippen MR) is 70.1 cm³/mol. The molecule has 0 bridgehead atoms. The molecular formula is C14H17FOS. The SMILES string of the molecule is O=C(CSC1CCCCC1)c1ccccc1F. The van der Waals surface area contributed by atoms with Gasteiger partial charge in [0.2, 0.25) is 0 Å². The van der Waals surface area contributed by atoms with E-state index in [4.69, 9.17) is 0 Å². The fourth-order valence-corrected chi connectivity index (χ4v) is 3.40. The van der Waals surface area contributed by atoms with Gasteiger partial charge in [-0.15, -0.1) is 0 Å². The first-order valence-electron chi connectivity index (χ1n) is 6.16. The lowest BCUT2D eigenvalue weighted by Gasteiger charge is -2.20. The Kier molecular flexibility index (Phi) is 4.60. The molecule has 1 aromatic rings. The van der Waals surface area contributed by atoms with E-state index in [0.717, 1.165) is 0 Å². The zero-order chi connectivity index (χ0) is 12.1. The van der Waals surface area contributed by atoms with Crippen molar-refractivity contribution in [2.24, 2.45) is 0 Å². The highest BCUT2D eigenvalue weighted by Crippen LogP contribution is 2.28. The summed E-state index contributed by atoms with van der Waals surface area (Å²) in [6, 6.07) is 6.24. The van der Waals surface area contributed by atoms with Crippen LogP contribution in [0.1, 0.15) is 42.5 Å². The van der Waals surface area contributed by atoms with E-state index in [1.54, 1.807) is 30.0 Å². The lowest BCUT2D eigenvalue weighted by Crippen LogP contribution is -2.13. The van der Waals surface area contributed by atoms with Crippen molar-refractivity contribution >= 4 is 17.5 Å². The van der Waals surface area contributed by atoms with Crippen LogP contribution in [0.15, 0.2) is 24.3 Å². The van der Waals surface area contributed by atoms with Crippen LogP contribution in [-0.4, -0.2) is 16.8 Å². The van der Waals surface area contributed by atoms with Gasteiger partial charge in [-0.25, -0.2) is 4.39 Å². The first-order valence-corrected chi connectivity index (χ1v) is 7.21. The second-order valence-corrected chi connectivity index (χ2v) is 5.76. The second-order valence-electron chi connectivity index (χ2n) is 4.47. The van der Waals surface area contributed by atoms with Crippen LogP contribution in [0.2, 0.25) is 0 Å². The molecule has 0 radical (unpaired) electrons. The number of benzene rings is 1. The van der Waals surface area contributed by atoms with Crippen molar-refractivity contribution in [2.75, 3.05) is 5.75 Å². The van der Waals surface area contributed by atoms with Crippen LogP contribution in [0.5, 0.6) is 0 Å². The van der Waals surface area contributed by atoms with Crippen LogP contribution in [0.25, 0.3) is 0 Å². The van der Waals surface area contributed by atoms with Gasteiger partial charge in [0.15, 0.2) is 5.78 Å². The number of Topliss-reactive ketones (excluding diaryl/α,β-unsaturated/α-hetero) is 1. The molecular weight excluding hydrogens is 235 g/mol. The Morgan fingerprint density at radius 3 is 2.65 bits per heavy atom. The van der Waals surface area contributed by atoms with E-state index in [2.05, 4.69) is 0 Å². The van der Waals surface area contributed by atoms with Crippen LogP contribution in [0, 0.1) is 5.82 Å². The Bertz CT molecular complexity index is 386. The van der Waals surface area contributed by atoms with Crippen molar-refractivity contribution in [2.45, 2.75) is 37.4 Å². The van der Waals surface area contributed by atoms with Gasteiger partial charge in [-0.05, 0) is 25.0 Å². The smallest absolute Gasteiger partial charge is 0.175 e. The fraction of sp³-hybridized carbons (Fsp3) is 0.500. The number of ketones is 1. The molecule has 0 aromatic heterocycles. The number of hydrogen-bond donors (Lipinski definition) is 0. The molecule has 1 aliphatic carbocycles. The zero-order valence-electron chi connectivity index (χ0n) is 9.82. The first kappa shape index (κ1) is 12.6. The average Bonchev–Trinajstić information content (AvgIpc) is 2.38. The quantitative estimate of drug-likeness (QED) is 0.751. The maximum absolute atomic E-state index is 13.4. The Hall–Kier alpha value is -0.830. The van der Waals surface area contributed by atoms with E-state index < -0.39 is 5.82 Å². The molecule has 3 heteroatoms. The highest BCUT2D eigenvalue weighted by atomic mass is 32.2. The van der Waals surface area contributed by atoms with E-state index in [-0.39, 0.29) is 11.3 Å². The molecule has 0 saturated heterocycles. The lowest BCUT2D eigenvalue weighted by atomic mass is 10.0. The molecule has 0 atom stereocenters. The molecule has 1 nitrogen and oxygen atoms in total. The topological polar surface area (TPSA) is 17.1 Å². The van der Waals surface area contributed by atoms with Gasteiger partial charge in [0.05, 0.1) is 11.3 Å². The minimum absolute atomic E-state index is 0.0846. The normalized spacial score (nSPS) is 17.0. The third-order valence-electron chi connectivity index (χ3n) is 3.18. The van der Waals surface area contributed by atoms with Gasteiger partial charge >= 0.3 is 0 Å². The van der Waals surface area contributed by atoms with Gasteiger partial charge < -0.3 is 0 Å². The molecule has 0 unspecified atom stereocenters. The highest BCUT2D eigenvalue weighted by Gasteiger charge is 2.17. The van der Waals surface area contributed by atoms with Gasteiger partial charge in [-0.3, -0.25) is 4.79 Å². The zero-order valence-corrected chi connectivity index (χ0v) is 10.6. The number of carbonyl (C=O) groups excluding carboxylic acids is 1. The van der Waals surface area contributed by atoms with Crippen molar-refractivity contribution < 1.29 is 9.18 Å². The summed E-state index contributed by atoms with van der Waals surface area (Å²) in [6.45, 7) is 0. The minimum atomic E-state index is -0.401. The summed E-state index contributed by atoms with van der Waals surface area (Å²) in [6.07, 6.45) is 6.26. The van der Waals surface area contributed by atoms with E-state index in [1.165, 1.54) is 38.2 Å². The van der Waals surface area contributed by atoms with E-state index >= 15 is 0 Å². The number of carbonyl (C=O) groups is 1. The van der Waals surface area contributed by atoms with Crippen LogP contribution >= 0.6 is 11.8 Å². The molecule has 1 aromatic carbocycles. The lowest BCUT2D eigenvalue weighted by molar-refractivity contribution is 0.101. The molecule has 0 aliphatic heterocycles. The summed E-state index contributed by atoms with van der Waals surface area (Å²) in [7, 11) is 0. The predicted octanol–water partition coefficient (Wildman–Crippen LogP) is 4.07. The fourth-order valence-electron chi connectivity index (χ4n) is 2.19. The van der Waals surface area contributed by atoms with Crippen molar-refractivity contribution in [3.05, 3.63) is 35.6 Å². The molecule has 92 valence electrons. The summed E-state index contributed by atoms with van der Waals surface area (Å²) in [5, 5.41) is 0.597. The third-order valence-corrected chi connectivity index (χ3v) is 4.55. The van der Waals surface area contributed by atoms with Crippen molar-refractivity contribution in [1.82, 2.24) is 0 Å². The molecule has 1 fully saturated rings. The highest BCUT2D eigenvalue weighted by molar-refractivity contribution is 8.00. The minimum Gasteiger partial charge on any atom is -0.293 e. The number of hydrogen-bond acceptors (Lipinski definition) is 2. The Morgan fingerprint density at radius 2 is 1.94 bits per heavy atom. The van der Waals surface area contributed by atoms with Crippen molar-refractivity contribution in [1.29, 1.82) is 0 Å². The molecule has 0 amide bonds. The van der Waals surface area contributed by atoms with E-state index in [9.17, 15) is 9.18 Å². The third kappa shape index (κ3) is 3.56. The summed E-state index contributed by atoms with van der Waals surface area (Å²) in [5.74, 6) is -0.0774. The van der Waals surface area contributed by atoms with Crippen molar-refractivity contribution in [3.63, 3.8) is 0 Å². The van der Waals surface area contributed by atoms with Crippen LogP contribution in [-0.2, 0) is 0 Å². The van der Waals surface area contributed by atoms with Crippen molar-refractivity contribution in [3.8, 4) is 0 Å². The largest absolute Gasteiger partial charge is 0.293 e. The summed E-state index contributed by atoms with van der Waals surface area (Å²) in [4.78, 5) is 11.8. The molecule has 0 N–H and O–H groups in total. The van der Waals surface area contributed by atoms with Crippen LogP contribution in [0.4, 0.5) is 4.39 Å². The van der Waals surface area contributed by atoms with Gasteiger partial charge in [0.25, 0.3) is 0 Å². The van der Waals surface area contributed by atoms with Gasteiger partial charge in [-0.2, -0.15) is 11.8 Å². The summed E-state index contributed by atoms with van der Waals surface area (Å²) in [5.41, 5.74) is 0.232. The Morgan fingerprint density at radius 1 is 1.24 bits per heavy atom. The van der Waals surface area contributed by atoms with Crippen LogP contribution < -0.4 is 0 Å². The molecule has 0 spiro atoms. The van der Waals surface area contributed by atoms with Gasteiger partial charge in [-0.1, -0.05) is 31.4 Å². The summed E-state index contributed by atoms with van der Waals surface area (Å²) >= 11 is 1.69. The maximum atomic E-state index is 13.4. The molecule has 0 heterocycles. The summed E-state index contributed by atoms with van der Waals surface area (Å²) < 4.78 is 13.4. The first-order chi connectivity index (χ1) is 8.27. The molecule has 2 rings (SSSR count). The number of thioether (sulfide) groups is 1. The monoisotopic (exact) mass is 252 g/mol. The Balaban J connectivity index is 1.87. The second kappa shape index (κ2) is 6.20.